The highest BCUT2D eigenvalue weighted by molar-refractivity contribution is 6.31. The highest BCUT2D eigenvalue weighted by Crippen LogP contribution is 2.39. The zero-order chi connectivity index (χ0) is 13.2. The van der Waals surface area contributed by atoms with E-state index in [9.17, 15) is 9.50 Å². The van der Waals surface area contributed by atoms with Crippen LogP contribution in [0.25, 0.3) is 0 Å². The van der Waals surface area contributed by atoms with Gasteiger partial charge in [-0.2, -0.15) is 0 Å². The van der Waals surface area contributed by atoms with Gasteiger partial charge in [0, 0.05) is 11.4 Å². The molecule has 1 aromatic rings. The van der Waals surface area contributed by atoms with Crippen LogP contribution in [-0.4, -0.2) is 10.7 Å². The highest BCUT2D eigenvalue weighted by Gasteiger charge is 2.38. The number of aliphatic hydroxyl groups is 1. The van der Waals surface area contributed by atoms with Gasteiger partial charge in [-0.25, -0.2) is 4.39 Å². The Bertz CT molecular complexity index is 421. The molecule has 1 fully saturated rings. The first kappa shape index (κ1) is 13.8. The van der Waals surface area contributed by atoms with E-state index in [2.05, 4.69) is 6.92 Å². The lowest BCUT2D eigenvalue weighted by molar-refractivity contribution is -0.0491. The van der Waals surface area contributed by atoms with Crippen LogP contribution in [0, 0.1) is 11.7 Å². The maximum atomic E-state index is 13.0. The summed E-state index contributed by atoms with van der Waals surface area (Å²) in [6.07, 6.45) is 5.66. The van der Waals surface area contributed by atoms with Crippen LogP contribution in [0.3, 0.4) is 0 Å². The van der Waals surface area contributed by atoms with Crippen LogP contribution in [-0.2, 0) is 6.42 Å². The first-order valence-electron chi connectivity index (χ1n) is 6.71. The molecule has 1 N–H and O–H groups in total. The Kier molecular flexibility index (Phi) is 4.29. The molecular formula is C15H20ClFO. The second-order valence-corrected chi connectivity index (χ2v) is 5.77. The largest absolute Gasteiger partial charge is 0.389 e. The van der Waals surface area contributed by atoms with Crippen molar-refractivity contribution in [2.24, 2.45) is 5.92 Å². The molecule has 0 aromatic heterocycles. The Hall–Kier alpha value is -0.600. The van der Waals surface area contributed by atoms with Gasteiger partial charge in [-0.3, -0.25) is 0 Å². The minimum absolute atomic E-state index is 0.326. The smallest absolute Gasteiger partial charge is 0.124 e. The number of hydrogen-bond acceptors (Lipinski definition) is 1. The van der Waals surface area contributed by atoms with E-state index in [1.807, 2.05) is 0 Å². The molecule has 0 aliphatic heterocycles. The second kappa shape index (κ2) is 5.58. The molecule has 0 heterocycles. The van der Waals surface area contributed by atoms with E-state index in [0.717, 1.165) is 31.2 Å². The lowest BCUT2D eigenvalue weighted by Gasteiger charge is -2.40. The number of rotatable bonds is 3. The summed E-state index contributed by atoms with van der Waals surface area (Å²) >= 11 is 6.05. The quantitative estimate of drug-likeness (QED) is 0.866. The summed E-state index contributed by atoms with van der Waals surface area (Å²) in [5.41, 5.74) is 0.176. The van der Waals surface area contributed by atoms with Gasteiger partial charge >= 0.3 is 0 Å². The fourth-order valence-electron chi connectivity index (χ4n) is 3.11. The van der Waals surface area contributed by atoms with Gasteiger partial charge in [0.1, 0.15) is 5.82 Å². The fraction of sp³-hybridized carbons (Fsp3) is 0.600. The first-order valence-corrected chi connectivity index (χ1v) is 7.09. The molecular weight excluding hydrogens is 251 g/mol. The summed E-state index contributed by atoms with van der Waals surface area (Å²) in [5, 5.41) is 11.2. The molecule has 2 atom stereocenters. The van der Waals surface area contributed by atoms with Crippen LogP contribution < -0.4 is 0 Å². The maximum Gasteiger partial charge on any atom is 0.124 e. The summed E-state index contributed by atoms with van der Waals surface area (Å²) in [4.78, 5) is 0. The summed E-state index contributed by atoms with van der Waals surface area (Å²) < 4.78 is 13.0. The average Bonchev–Trinajstić information content (AvgIpc) is 2.33. The first-order chi connectivity index (χ1) is 8.55. The van der Waals surface area contributed by atoms with E-state index in [4.69, 9.17) is 11.6 Å². The van der Waals surface area contributed by atoms with E-state index >= 15 is 0 Å². The van der Waals surface area contributed by atoms with Crippen molar-refractivity contribution in [3.63, 3.8) is 0 Å². The van der Waals surface area contributed by atoms with Gasteiger partial charge in [0.2, 0.25) is 0 Å². The van der Waals surface area contributed by atoms with Gasteiger partial charge in [-0.15, -0.1) is 0 Å². The van der Waals surface area contributed by atoms with E-state index in [1.165, 1.54) is 18.6 Å². The van der Waals surface area contributed by atoms with Crippen molar-refractivity contribution in [1.82, 2.24) is 0 Å². The van der Waals surface area contributed by atoms with E-state index in [-0.39, 0.29) is 5.82 Å². The standard InChI is InChI=1S/C15H20ClFO/c1-2-12-5-3-4-8-15(12,18)10-11-6-7-13(17)9-14(11)16/h6-7,9,12,18H,2-5,8,10H2,1H3. The Balaban J connectivity index is 2.20. The molecule has 1 aliphatic rings. The molecule has 1 saturated carbocycles. The molecule has 1 nitrogen and oxygen atoms in total. The topological polar surface area (TPSA) is 20.2 Å². The predicted molar refractivity (Wildman–Crippen MR) is 72.3 cm³/mol. The van der Waals surface area contributed by atoms with Crippen molar-refractivity contribution in [1.29, 1.82) is 0 Å². The number of halogens is 2. The van der Waals surface area contributed by atoms with E-state index in [0.29, 0.717) is 17.4 Å². The molecule has 2 unspecified atom stereocenters. The second-order valence-electron chi connectivity index (χ2n) is 5.37. The van der Waals surface area contributed by atoms with Crippen LogP contribution in [0.2, 0.25) is 5.02 Å². The van der Waals surface area contributed by atoms with Crippen LogP contribution in [0.1, 0.15) is 44.6 Å². The Morgan fingerprint density at radius 3 is 2.89 bits per heavy atom. The molecule has 0 spiro atoms. The summed E-state index contributed by atoms with van der Waals surface area (Å²) in [6, 6.07) is 4.43. The minimum atomic E-state index is -0.672. The van der Waals surface area contributed by atoms with Gasteiger partial charge in [0.15, 0.2) is 0 Å². The summed E-state index contributed by atoms with van der Waals surface area (Å²) in [7, 11) is 0. The van der Waals surface area contributed by atoms with Crippen molar-refractivity contribution in [2.45, 2.75) is 51.0 Å². The molecule has 0 bridgehead atoms. The molecule has 18 heavy (non-hydrogen) atoms. The molecule has 100 valence electrons. The average molecular weight is 271 g/mol. The van der Waals surface area contributed by atoms with Crippen molar-refractivity contribution < 1.29 is 9.50 Å². The lowest BCUT2D eigenvalue weighted by Crippen LogP contribution is -2.42. The minimum Gasteiger partial charge on any atom is -0.389 e. The molecule has 0 saturated heterocycles. The normalized spacial score (nSPS) is 28.3. The SMILES string of the molecule is CCC1CCCCC1(O)Cc1ccc(F)cc1Cl. The zero-order valence-corrected chi connectivity index (χ0v) is 11.5. The summed E-state index contributed by atoms with van der Waals surface area (Å²) in [5.74, 6) is -0.00112. The van der Waals surface area contributed by atoms with Crippen LogP contribution in [0.15, 0.2) is 18.2 Å². The zero-order valence-electron chi connectivity index (χ0n) is 10.8. The van der Waals surface area contributed by atoms with Crippen molar-refractivity contribution in [3.8, 4) is 0 Å². The monoisotopic (exact) mass is 270 g/mol. The molecule has 2 rings (SSSR count). The number of benzene rings is 1. The van der Waals surface area contributed by atoms with Gasteiger partial charge in [-0.1, -0.05) is 43.9 Å². The van der Waals surface area contributed by atoms with Gasteiger partial charge in [0.25, 0.3) is 0 Å². The molecule has 1 aromatic carbocycles. The van der Waals surface area contributed by atoms with Crippen molar-refractivity contribution >= 4 is 11.6 Å². The van der Waals surface area contributed by atoms with Gasteiger partial charge in [0.05, 0.1) is 5.60 Å². The van der Waals surface area contributed by atoms with Crippen molar-refractivity contribution in [2.75, 3.05) is 0 Å². The molecule has 0 amide bonds. The Labute approximate surface area is 113 Å². The van der Waals surface area contributed by atoms with Crippen molar-refractivity contribution in [3.05, 3.63) is 34.6 Å². The lowest BCUT2D eigenvalue weighted by atomic mass is 9.71. The third kappa shape index (κ3) is 2.86. The highest BCUT2D eigenvalue weighted by atomic mass is 35.5. The molecule has 3 heteroatoms. The van der Waals surface area contributed by atoms with E-state index < -0.39 is 5.60 Å². The van der Waals surface area contributed by atoms with Gasteiger partial charge < -0.3 is 5.11 Å². The van der Waals surface area contributed by atoms with Crippen LogP contribution >= 0.6 is 11.6 Å². The van der Waals surface area contributed by atoms with Crippen LogP contribution in [0.4, 0.5) is 4.39 Å². The predicted octanol–water partition coefficient (Wildman–Crippen LogP) is 4.35. The third-order valence-corrected chi connectivity index (χ3v) is 4.53. The Morgan fingerprint density at radius 1 is 1.44 bits per heavy atom. The molecule has 0 radical (unpaired) electrons. The fourth-order valence-corrected chi connectivity index (χ4v) is 3.34. The maximum absolute atomic E-state index is 13.0. The van der Waals surface area contributed by atoms with E-state index in [1.54, 1.807) is 6.07 Å². The van der Waals surface area contributed by atoms with Gasteiger partial charge in [-0.05, 0) is 36.5 Å². The molecule has 1 aliphatic carbocycles. The Morgan fingerprint density at radius 2 is 2.22 bits per heavy atom. The van der Waals surface area contributed by atoms with Crippen LogP contribution in [0.5, 0.6) is 0 Å². The summed E-state index contributed by atoms with van der Waals surface area (Å²) in [6.45, 7) is 2.12. The number of hydrogen-bond donors (Lipinski definition) is 1. The third-order valence-electron chi connectivity index (χ3n) is 4.18.